The first-order valence-corrected chi connectivity index (χ1v) is 14.7. The van der Waals surface area contributed by atoms with Gasteiger partial charge < -0.3 is 20.1 Å². The van der Waals surface area contributed by atoms with Crippen molar-refractivity contribution in [2.45, 2.75) is 41.0 Å². The number of allylic oxidation sites excluding steroid dienone is 3. The maximum absolute atomic E-state index is 13.8. The number of aliphatic imine (C=N–C) groups is 1. The summed E-state index contributed by atoms with van der Waals surface area (Å²) in [4.78, 5) is 36.5. The van der Waals surface area contributed by atoms with Crippen LogP contribution < -0.4 is 5.32 Å². The molecule has 0 unspecified atom stereocenters. The van der Waals surface area contributed by atoms with Crippen LogP contribution in [0.3, 0.4) is 0 Å². The highest BCUT2D eigenvalue weighted by atomic mass is 32.2. The average Bonchev–Trinajstić information content (AvgIpc) is 3.21. The smallest absolute Gasteiger partial charge is 0.267 e. The quantitative estimate of drug-likeness (QED) is 0.109. The molecule has 0 aliphatic carbocycles. The molecule has 1 amide bonds. The zero-order valence-corrected chi connectivity index (χ0v) is 26.0. The molecule has 2 N–H and O–H groups in total. The minimum absolute atomic E-state index is 0.0691. The van der Waals surface area contributed by atoms with Crippen LogP contribution in [0.25, 0.3) is 0 Å². The Morgan fingerprint density at radius 1 is 1.30 bits per heavy atom. The lowest BCUT2D eigenvalue weighted by Crippen LogP contribution is -2.31. The van der Waals surface area contributed by atoms with Gasteiger partial charge in [0.1, 0.15) is 5.76 Å². The summed E-state index contributed by atoms with van der Waals surface area (Å²) in [5, 5.41) is 13.3. The lowest BCUT2D eigenvalue weighted by Gasteiger charge is -2.20. The molecule has 0 saturated carbocycles. The number of likely N-dealkylation sites (N-methyl/N-ethyl adjacent to an activating group) is 1. The molecule has 40 heavy (non-hydrogen) atoms. The van der Waals surface area contributed by atoms with Crippen molar-refractivity contribution in [2.24, 2.45) is 4.99 Å². The van der Waals surface area contributed by atoms with Gasteiger partial charge in [0.15, 0.2) is 11.0 Å². The Bertz CT molecular complexity index is 1260. The molecule has 1 aliphatic rings. The molecule has 2 rings (SSSR count). The lowest BCUT2D eigenvalue weighted by atomic mass is 10.1. The van der Waals surface area contributed by atoms with Crippen molar-refractivity contribution in [3.8, 4) is 0 Å². The van der Waals surface area contributed by atoms with E-state index in [1.165, 1.54) is 30.4 Å². The molecule has 0 spiro atoms. The maximum atomic E-state index is 13.8. The number of amides is 1. The van der Waals surface area contributed by atoms with Crippen LogP contribution in [-0.2, 0) is 9.53 Å². The van der Waals surface area contributed by atoms with E-state index in [-0.39, 0.29) is 24.8 Å². The number of rotatable bonds is 14. The third-order valence-corrected chi connectivity index (χ3v) is 8.10. The molecule has 0 aromatic heterocycles. The largest absolute Gasteiger partial charge is 0.468 e. The van der Waals surface area contributed by atoms with E-state index in [2.05, 4.69) is 11.9 Å². The van der Waals surface area contributed by atoms with E-state index in [1.807, 2.05) is 64.9 Å². The zero-order valence-electron chi connectivity index (χ0n) is 24.4. The van der Waals surface area contributed by atoms with Gasteiger partial charge in [-0.1, -0.05) is 31.3 Å². The molecule has 1 saturated heterocycles. The van der Waals surface area contributed by atoms with E-state index < -0.39 is 0 Å². The molecule has 0 atom stereocenters. The molecule has 1 heterocycles. The number of hydrogen-bond donors (Lipinski definition) is 2. The number of nitrogens with one attached hydrogen (secondary N) is 1. The number of carbonyl (C=O) groups excluding carboxylic acids is 2. The number of ketones is 1. The molecule has 10 heteroatoms. The van der Waals surface area contributed by atoms with E-state index in [1.54, 1.807) is 29.4 Å². The fraction of sp³-hybridized carbons (Fsp3) is 0.367. The molecule has 1 aliphatic heterocycles. The van der Waals surface area contributed by atoms with Gasteiger partial charge in [0, 0.05) is 41.7 Å². The number of aliphatic hydroxyl groups excluding tert-OH is 1. The Hall–Kier alpha value is -3.21. The highest BCUT2D eigenvalue weighted by Crippen LogP contribution is 2.42. The fourth-order valence-corrected chi connectivity index (χ4v) is 5.82. The summed E-state index contributed by atoms with van der Waals surface area (Å²) in [7, 11) is 3.82. The SMILES string of the molecule is C=C(CN1C(=O)/C(=C(\C)SC(=C/C)/C(=C\CO)N(C)C)SC1=Nc1cc(C(C)=O)ccc1NCC)O/C=C\CC. The molecule has 1 fully saturated rings. The molecule has 0 radical (unpaired) electrons. The van der Waals surface area contributed by atoms with Crippen molar-refractivity contribution in [1.82, 2.24) is 9.80 Å². The third-order valence-electron chi connectivity index (χ3n) is 5.62. The monoisotopic (exact) mass is 584 g/mol. The zero-order chi connectivity index (χ0) is 29.8. The summed E-state index contributed by atoms with van der Waals surface area (Å²) in [5.41, 5.74) is 2.72. The van der Waals surface area contributed by atoms with Crippen molar-refractivity contribution < 1.29 is 19.4 Å². The van der Waals surface area contributed by atoms with Crippen LogP contribution in [0, 0.1) is 0 Å². The predicted octanol–water partition coefficient (Wildman–Crippen LogP) is 6.64. The number of anilines is 1. The minimum Gasteiger partial charge on any atom is -0.468 e. The van der Waals surface area contributed by atoms with Gasteiger partial charge in [0.2, 0.25) is 0 Å². The molecule has 1 aromatic rings. The Balaban J connectivity index is 2.59. The van der Waals surface area contributed by atoms with Crippen LogP contribution in [0.2, 0.25) is 0 Å². The molecular formula is C30H40N4O4S2. The maximum Gasteiger partial charge on any atom is 0.267 e. The average molecular weight is 585 g/mol. The normalized spacial score (nSPS) is 16.6. The van der Waals surface area contributed by atoms with Gasteiger partial charge >= 0.3 is 0 Å². The van der Waals surface area contributed by atoms with Gasteiger partial charge in [-0.15, -0.1) is 0 Å². The van der Waals surface area contributed by atoms with Crippen LogP contribution in [0.15, 0.2) is 80.4 Å². The second kappa shape index (κ2) is 16.2. The summed E-state index contributed by atoms with van der Waals surface area (Å²) < 4.78 is 5.61. The fourth-order valence-electron chi connectivity index (χ4n) is 3.65. The van der Waals surface area contributed by atoms with Gasteiger partial charge in [-0.2, -0.15) is 0 Å². The summed E-state index contributed by atoms with van der Waals surface area (Å²) in [5.74, 6) is 0.122. The molecule has 0 bridgehead atoms. The summed E-state index contributed by atoms with van der Waals surface area (Å²) in [6.45, 7) is 14.0. The molecule has 1 aromatic carbocycles. The van der Waals surface area contributed by atoms with E-state index in [9.17, 15) is 14.7 Å². The summed E-state index contributed by atoms with van der Waals surface area (Å²) >= 11 is 2.74. The molecule has 216 valence electrons. The predicted molar refractivity (Wildman–Crippen MR) is 170 cm³/mol. The molecular weight excluding hydrogens is 544 g/mol. The molecule has 8 nitrogen and oxygen atoms in total. The van der Waals surface area contributed by atoms with Crippen molar-refractivity contribution in [1.29, 1.82) is 0 Å². The van der Waals surface area contributed by atoms with Crippen LogP contribution in [0.5, 0.6) is 0 Å². The van der Waals surface area contributed by atoms with Crippen LogP contribution in [0.1, 0.15) is 51.4 Å². The number of aliphatic hydroxyl groups is 1. The van der Waals surface area contributed by atoms with E-state index >= 15 is 0 Å². The van der Waals surface area contributed by atoms with E-state index in [0.717, 1.165) is 27.6 Å². The topological polar surface area (TPSA) is 94.5 Å². The Kier molecular flexibility index (Phi) is 13.3. The summed E-state index contributed by atoms with van der Waals surface area (Å²) in [6, 6.07) is 5.32. The number of nitrogens with zero attached hydrogens (tertiary/aromatic N) is 3. The van der Waals surface area contributed by atoms with Gasteiger partial charge in [0.25, 0.3) is 5.91 Å². The van der Waals surface area contributed by atoms with Gasteiger partial charge in [-0.05, 0) is 76.2 Å². The van der Waals surface area contributed by atoms with E-state index in [0.29, 0.717) is 33.6 Å². The van der Waals surface area contributed by atoms with Gasteiger partial charge in [-0.3, -0.25) is 14.5 Å². The van der Waals surface area contributed by atoms with Crippen molar-refractivity contribution in [2.75, 3.05) is 39.1 Å². The Labute approximate surface area is 246 Å². The number of benzene rings is 1. The standard InChI is InChI=1S/C30H40N4O4S2/c1-9-12-17-38-20(4)19-34-29(37)28(22(6)39-27(10-2)26(15-16-35)33(7)8)40-30(34)32-25-18-23(21(5)36)13-14-24(25)31-11-3/h10,12-15,17-18,31,35H,4,9,11,16,19H2,1-3,5-8H3/b17-12-,26-15+,27-10+,28-22-,32-30?. The lowest BCUT2D eigenvalue weighted by molar-refractivity contribution is -0.122. The van der Waals surface area contributed by atoms with Gasteiger partial charge in [-0.25, -0.2) is 4.99 Å². The number of Topliss-reactive ketones (excluding diaryl/α,β-unsaturated/α-hetero) is 1. The number of thioether (sulfide) groups is 2. The first kappa shape index (κ1) is 33.0. The van der Waals surface area contributed by atoms with Crippen molar-refractivity contribution >= 4 is 51.8 Å². The van der Waals surface area contributed by atoms with Gasteiger partial charge in [0.05, 0.1) is 35.7 Å². The number of carbonyl (C=O) groups is 2. The summed E-state index contributed by atoms with van der Waals surface area (Å²) in [6.07, 6.45) is 7.94. The third kappa shape index (κ3) is 8.90. The first-order chi connectivity index (χ1) is 19.1. The van der Waals surface area contributed by atoms with Crippen LogP contribution >= 0.6 is 23.5 Å². The Morgan fingerprint density at radius 2 is 2.02 bits per heavy atom. The number of amidine groups is 1. The van der Waals surface area contributed by atoms with Crippen molar-refractivity contribution in [3.63, 3.8) is 0 Å². The first-order valence-electron chi connectivity index (χ1n) is 13.1. The second-order valence-corrected chi connectivity index (χ2v) is 11.2. The highest BCUT2D eigenvalue weighted by Gasteiger charge is 2.36. The highest BCUT2D eigenvalue weighted by molar-refractivity contribution is 8.19. The van der Waals surface area contributed by atoms with E-state index in [4.69, 9.17) is 9.73 Å². The van der Waals surface area contributed by atoms with Crippen LogP contribution in [0.4, 0.5) is 11.4 Å². The van der Waals surface area contributed by atoms with Crippen molar-refractivity contribution in [3.05, 3.63) is 81.0 Å². The number of ether oxygens (including phenoxy) is 1. The number of hydrogen-bond acceptors (Lipinski definition) is 9. The minimum atomic E-state index is -0.210. The Morgan fingerprint density at radius 3 is 2.60 bits per heavy atom. The van der Waals surface area contributed by atoms with Crippen LogP contribution in [-0.4, -0.2) is 65.6 Å². The second-order valence-electron chi connectivity index (χ2n) is 8.95.